The van der Waals surface area contributed by atoms with Crippen molar-refractivity contribution in [2.45, 2.75) is 25.4 Å². The minimum Gasteiger partial charge on any atom is -0.468 e. The zero-order valence-corrected chi connectivity index (χ0v) is 15.5. The Morgan fingerprint density at radius 3 is 2.62 bits per heavy atom. The highest BCUT2D eigenvalue weighted by atomic mass is 19.1. The Bertz CT molecular complexity index is 693. The van der Waals surface area contributed by atoms with Crippen molar-refractivity contribution >= 4 is 5.96 Å². The van der Waals surface area contributed by atoms with Crippen LogP contribution in [-0.4, -0.2) is 49.5 Å². The molecule has 0 bridgehead atoms. The number of halogens is 1. The SMILES string of the molecule is CN=C(NCC(c1ccco1)N1CCCC1)N(C)Cc1ccc(F)cc1. The van der Waals surface area contributed by atoms with Gasteiger partial charge in [-0.2, -0.15) is 0 Å². The number of likely N-dealkylation sites (tertiary alicyclic amines) is 1. The third kappa shape index (κ3) is 4.64. The Hall–Kier alpha value is -2.34. The van der Waals surface area contributed by atoms with Crippen LogP contribution in [0.2, 0.25) is 0 Å². The summed E-state index contributed by atoms with van der Waals surface area (Å²) in [5.41, 5.74) is 1.04. The predicted octanol–water partition coefficient (Wildman–Crippen LogP) is 3.26. The maximum Gasteiger partial charge on any atom is 0.193 e. The molecule has 1 aromatic heterocycles. The molecule has 1 aliphatic rings. The molecular formula is C20H27FN4O. The minimum atomic E-state index is -0.217. The van der Waals surface area contributed by atoms with E-state index in [4.69, 9.17) is 4.42 Å². The van der Waals surface area contributed by atoms with Crippen molar-refractivity contribution in [1.29, 1.82) is 0 Å². The highest BCUT2D eigenvalue weighted by Gasteiger charge is 2.26. The van der Waals surface area contributed by atoms with Gasteiger partial charge in [0.05, 0.1) is 12.3 Å². The van der Waals surface area contributed by atoms with Gasteiger partial charge in [-0.05, 0) is 55.8 Å². The lowest BCUT2D eigenvalue weighted by Gasteiger charge is -2.29. The number of nitrogens with one attached hydrogen (secondary N) is 1. The summed E-state index contributed by atoms with van der Waals surface area (Å²) in [6.07, 6.45) is 4.20. The van der Waals surface area contributed by atoms with E-state index < -0.39 is 0 Å². The Kier molecular flexibility index (Phi) is 6.28. The Labute approximate surface area is 154 Å². The van der Waals surface area contributed by atoms with Crippen LogP contribution in [-0.2, 0) is 6.54 Å². The molecular weight excluding hydrogens is 331 g/mol. The van der Waals surface area contributed by atoms with Crippen molar-refractivity contribution in [2.75, 3.05) is 33.7 Å². The molecule has 1 saturated heterocycles. The van der Waals surface area contributed by atoms with Crippen molar-refractivity contribution < 1.29 is 8.81 Å². The van der Waals surface area contributed by atoms with Crippen LogP contribution < -0.4 is 5.32 Å². The van der Waals surface area contributed by atoms with Crippen LogP contribution in [0.4, 0.5) is 4.39 Å². The fourth-order valence-corrected chi connectivity index (χ4v) is 3.46. The monoisotopic (exact) mass is 358 g/mol. The number of benzene rings is 1. The average Bonchev–Trinajstić information content (AvgIpc) is 3.35. The summed E-state index contributed by atoms with van der Waals surface area (Å²) in [7, 11) is 3.76. The van der Waals surface area contributed by atoms with Crippen molar-refractivity contribution in [3.05, 3.63) is 59.8 Å². The zero-order chi connectivity index (χ0) is 18.4. The van der Waals surface area contributed by atoms with Crippen LogP contribution in [0.1, 0.15) is 30.2 Å². The van der Waals surface area contributed by atoms with Gasteiger partial charge in [-0.15, -0.1) is 0 Å². The summed E-state index contributed by atoms with van der Waals surface area (Å²) < 4.78 is 18.7. The van der Waals surface area contributed by atoms with Crippen molar-refractivity contribution in [2.24, 2.45) is 4.99 Å². The van der Waals surface area contributed by atoms with Gasteiger partial charge < -0.3 is 14.6 Å². The largest absolute Gasteiger partial charge is 0.468 e. The topological polar surface area (TPSA) is 44.0 Å². The van der Waals surface area contributed by atoms with Gasteiger partial charge in [-0.1, -0.05) is 12.1 Å². The summed E-state index contributed by atoms with van der Waals surface area (Å²) in [5, 5.41) is 3.47. The summed E-state index contributed by atoms with van der Waals surface area (Å²) in [4.78, 5) is 8.89. The summed E-state index contributed by atoms with van der Waals surface area (Å²) >= 11 is 0. The molecule has 0 saturated carbocycles. The second-order valence-corrected chi connectivity index (χ2v) is 6.68. The van der Waals surface area contributed by atoms with Gasteiger partial charge >= 0.3 is 0 Å². The van der Waals surface area contributed by atoms with E-state index in [2.05, 4.69) is 15.2 Å². The molecule has 1 aromatic carbocycles. The van der Waals surface area contributed by atoms with E-state index in [0.717, 1.165) is 36.9 Å². The van der Waals surface area contributed by atoms with Gasteiger partial charge in [-0.25, -0.2) is 4.39 Å². The zero-order valence-electron chi connectivity index (χ0n) is 15.5. The predicted molar refractivity (Wildman–Crippen MR) is 101 cm³/mol. The van der Waals surface area contributed by atoms with E-state index in [0.29, 0.717) is 6.54 Å². The van der Waals surface area contributed by atoms with Gasteiger partial charge in [0.15, 0.2) is 5.96 Å². The molecule has 140 valence electrons. The van der Waals surface area contributed by atoms with Crippen LogP contribution in [0.3, 0.4) is 0 Å². The van der Waals surface area contributed by atoms with Crippen molar-refractivity contribution in [3.8, 4) is 0 Å². The molecule has 5 nitrogen and oxygen atoms in total. The second-order valence-electron chi connectivity index (χ2n) is 6.68. The van der Waals surface area contributed by atoms with Gasteiger partial charge in [0.25, 0.3) is 0 Å². The molecule has 6 heteroatoms. The summed E-state index contributed by atoms with van der Waals surface area (Å²) in [6.45, 7) is 3.58. The standard InChI is InChI=1S/C20H27FN4O/c1-22-20(24(2)15-16-7-9-17(21)10-8-16)23-14-18(19-6-5-13-26-19)25-11-3-4-12-25/h5-10,13,18H,3-4,11-12,14-15H2,1-2H3,(H,22,23). The Balaban J connectivity index is 1.61. The molecule has 2 aromatic rings. The fourth-order valence-electron chi connectivity index (χ4n) is 3.46. The van der Waals surface area contributed by atoms with E-state index in [1.807, 2.05) is 24.1 Å². The van der Waals surface area contributed by atoms with Crippen LogP contribution in [0.5, 0.6) is 0 Å². The molecule has 3 rings (SSSR count). The third-order valence-corrected chi connectivity index (χ3v) is 4.81. The normalized spacial score (nSPS) is 16.7. The van der Waals surface area contributed by atoms with E-state index in [-0.39, 0.29) is 11.9 Å². The van der Waals surface area contributed by atoms with E-state index in [1.54, 1.807) is 25.4 Å². The molecule has 0 aliphatic carbocycles. The van der Waals surface area contributed by atoms with Crippen molar-refractivity contribution in [1.82, 2.24) is 15.1 Å². The van der Waals surface area contributed by atoms with E-state index >= 15 is 0 Å². The molecule has 1 unspecified atom stereocenters. The van der Waals surface area contributed by atoms with Crippen LogP contribution in [0, 0.1) is 5.82 Å². The number of hydrogen-bond acceptors (Lipinski definition) is 3. The number of hydrogen-bond donors (Lipinski definition) is 1. The quantitative estimate of drug-likeness (QED) is 0.636. The van der Waals surface area contributed by atoms with Gasteiger partial charge in [0.1, 0.15) is 11.6 Å². The molecule has 1 aliphatic heterocycles. The van der Waals surface area contributed by atoms with E-state index in [9.17, 15) is 4.39 Å². The maximum absolute atomic E-state index is 13.1. The summed E-state index contributed by atoms with van der Waals surface area (Å²) in [6, 6.07) is 10.7. The van der Waals surface area contributed by atoms with E-state index in [1.165, 1.54) is 25.0 Å². The molecule has 0 amide bonds. The van der Waals surface area contributed by atoms with Crippen LogP contribution in [0.15, 0.2) is 52.1 Å². The molecule has 0 radical (unpaired) electrons. The number of aliphatic imine (C=N–C) groups is 1. The highest BCUT2D eigenvalue weighted by molar-refractivity contribution is 5.79. The first kappa shape index (κ1) is 18.5. The second kappa shape index (κ2) is 8.85. The molecule has 0 spiro atoms. The molecule has 1 atom stereocenters. The third-order valence-electron chi connectivity index (χ3n) is 4.81. The number of furan rings is 1. The maximum atomic E-state index is 13.1. The summed E-state index contributed by atoms with van der Waals surface area (Å²) in [5.74, 6) is 1.58. The Morgan fingerprint density at radius 2 is 2.00 bits per heavy atom. The van der Waals surface area contributed by atoms with Crippen LogP contribution in [0.25, 0.3) is 0 Å². The first-order valence-corrected chi connectivity index (χ1v) is 9.11. The average molecular weight is 358 g/mol. The molecule has 1 N–H and O–H groups in total. The number of nitrogens with zero attached hydrogens (tertiary/aromatic N) is 3. The fraction of sp³-hybridized carbons (Fsp3) is 0.450. The number of rotatable bonds is 6. The molecule has 1 fully saturated rings. The molecule has 2 heterocycles. The molecule has 26 heavy (non-hydrogen) atoms. The van der Waals surface area contributed by atoms with Gasteiger partial charge in [0.2, 0.25) is 0 Å². The first-order chi connectivity index (χ1) is 12.7. The minimum absolute atomic E-state index is 0.198. The smallest absolute Gasteiger partial charge is 0.193 e. The number of guanidine groups is 1. The lowest BCUT2D eigenvalue weighted by Crippen LogP contribution is -2.43. The Morgan fingerprint density at radius 1 is 1.27 bits per heavy atom. The first-order valence-electron chi connectivity index (χ1n) is 9.11. The van der Waals surface area contributed by atoms with Gasteiger partial charge in [0, 0.05) is 27.2 Å². The van der Waals surface area contributed by atoms with Gasteiger partial charge in [-0.3, -0.25) is 9.89 Å². The van der Waals surface area contributed by atoms with Crippen molar-refractivity contribution in [3.63, 3.8) is 0 Å². The lowest BCUT2D eigenvalue weighted by molar-refractivity contribution is 0.214. The van der Waals surface area contributed by atoms with Crippen LogP contribution >= 0.6 is 0 Å². The lowest BCUT2D eigenvalue weighted by atomic mass is 10.2. The highest BCUT2D eigenvalue weighted by Crippen LogP contribution is 2.24.